The number of nitrogens with zero attached hydrogens (tertiary/aromatic N) is 1. The summed E-state index contributed by atoms with van der Waals surface area (Å²) in [4.78, 5) is 2.34. The molecule has 3 fully saturated rings. The summed E-state index contributed by atoms with van der Waals surface area (Å²) in [7, 11) is -2.72. The fraction of sp³-hybridized carbons (Fsp3) is 1.00. The molecule has 0 radical (unpaired) electrons. The lowest BCUT2D eigenvalue weighted by molar-refractivity contribution is 0.225. The Kier molecular flexibility index (Phi) is 2.72. The first kappa shape index (κ1) is 11.0. The van der Waals surface area contributed by atoms with Gasteiger partial charge in [0.05, 0.1) is 11.5 Å². The molecule has 0 aromatic carbocycles. The van der Waals surface area contributed by atoms with Gasteiger partial charge < -0.3 is 10.2 Å². The minimum absolute atomic E-state index is 0.362. The van der Waals surface area contributed by atoms with Crippen molar-refractivity contribution in [3.8, 4) is 0 Å². The zero-order valence-electron chi connectivity index (χ0n) is 9.56. The lowest BCUT2D eigenvalue weighted by atomic mass is 9.89. The van der Waals surface area contributed by atoms with Crippen molar-refractivity contribution < 1.29 is 8.42 Å². The molecular weight excluding hydrogens is 224 g/mol. The Balaban J connectivity index is 1.53. The summed E-state index contributed by atoms with van der Waals surface area (Å²) in [5.41, 5.74) is 0. The fourth-order valence-electron chi connectivity index (χ4n) is 3.40. The van der Waals surface area contributed by atoms with Gasteiger partial charge >= 0.3 is 0 Å². The van der Waals surface area contributed by atoms with Crippen LogP contribution in [-0.4, -0.2) is 56.5 Å². The molecule has 3 saturated heterocycles. The SMILES string of the molecule is O=S1(=O)CCN(CC2CC3CCC2N3)CC1. The Labute approximate surface area is 97.3 Å². The quantitative estimate of drug-likeness (QED) is 0.734. The van der Waals surface area contributed by atoms with Crippen molar-refractivity contribution in [3.63, 3.8) is 0 Å². The van der Waals surface area contributed by atoms with Gasteiger partial charge in [0.1, 0.15) is 0 Å². The summed E-state index contributed by atoms with van der Waals surface area (Å²) in [5, 5.41) is 3.64. The largest absolute Gasteiger partial charge is 0.311 e. The Bertz CT molecular complexity index is 354. The molecule has 0 amide bonds. The Hall–Kier alpha value is -0.130. The van der Waals surface area contributed by atoms with Gasteiger partial charge in [0, 0.05) is 31.7 Å². The average Bonchev–Trinajstić information content (AvgIpc) is 2.83. The highest BCUT2D eigenvalue weighted by atomic mass is 32.2. The van der Waals surface area contributed by atoms with E-state index in [1.54, 1.807) is 0 Å². The van der Waals surface area contributed by atoms with Crippen LogP contribution in [0.5, 0.6) is 0 Å². The summed E-state index contributed by atoms with van der Waals surface area (Å²) in [6.07, 6.45) is 3.96. The average molecular weight is 244 g/mol. The van der Waals surface area contributed by atoms with Crippen molar-refractivity contribution in [2.45, 2.75) is 31.3 Å². The third-order valence-corrected chi connectivity index (χ3v) is 5.97. The van der Waals surface area contributed by atoms with E-state index in [0.717, 1.165) is 31.6 Å². The molecule has 0 spiro atoms. The normalized spacial score (nSPS) is 42.6. The maximum absolute atomic E-state index is 11.3. The smallest absolute Gasteiger partial charge is 0.152 e. The third-order valence-electron chi connectivity index (χ3n) is 4.36. The van der Waals surface area contributed by atoms with Crippen LogP contribution in [0, 0.1) is 5.92 Å². The Morgan fingerprint density at radius 3 is 2.50 bits per heavy atom. The monoisotopic (exact) mass is 244 g/mol. The van der Waals surface area contributed by atoms with E-state index in [-0.39, 0.29) is 0 Å². The van der Waals surface area contributed by atoms with Gasteiger partial charge in [-0.05, 0) is 25.2 Å². The van der Waals surface area contributed by atoms with Crippen LogP contribution in [0.1, 0.15) is 19.3 Å². The second-order valence-electron chi connectivity index (χ2n) is 5.50. The third kappa shape index (κ3) is 2.13. The fourth-order valence-corrected chi connectivity index (χ4v) is 4.68. The summed E-state index contributed by atoms with van der Waals surface area (Å²) in [5.74, 6) is 1.49. The van der Waals surface area contributed by atoms with Crippen LogP contribution in [0.3, 0.4) is 0 Å². The van der Waals surface area contributed by atoms with Gasteiger partial charge in [-0.25, -0.2) is 8.42 Å². The Morgan fingerprint density at radius 1 is 1.19 bits per heavy atom. The molecule has 5 heteroatoms. The number of rotatable bonds is 2. The van der Waals surface area contributed by atoms with Gasteiger partial charge in [0.2, 0.25) is 0 Å². The van der Waals surface area contributed by atoms with Crippen molar-refractivity contribution in [1.29, 1.82) is 0 Å². The van der Waals surface area contributed by atoms with Crippen molar-refractivity contribution >= 4 is 9.84 Å². The van der Waals surface area contributed by atoms with Crippen molar-refractivity contribution in [1.82, 2.24) is 10.2 Å². The zero-order chi connectivity index (χ0) is 11.2. The molecule has 0 saturated carbocycles. The second-order valence-corrected chi connectivity index (χ2v) is 7.80. The number of nitrogens with one attached hydrogen (secondary N) is 1. The van der Waals surface area contributed by atoms with Crippen LogP contribution in [0.4, 0.5) is 0 Å². The molecule has 3 heterocycles. The van der Waals surface area contributed by atoms with Gasteiger partial charge in [-0.15, -0.1) is 0 Å². The molecular formula is C11H20N2O2S. The van der Waals surface area contributed by atoms with Gasteiger partial charge in [0.15, 0.2) is 9.84 Å². The molecule has 3 rings (SSSR count). The number of sulfone groups is 1. The van der Waals surface area contributed by atoms with Crippen LogP contribution in [-0.2, 0) is 9.84 Å². The molecule has 92 valence electrons. The van der Waals surface area contributed by atoms with Crippen LogP contribution >= 0.6 is 0 Å². The van der Waals surface area contributed by atoms with Crippen molar-refractivity contribution in [3.05, 3.63) is 0 Å². The standard InChI is InChI=1S/C11H20N2O2S/c14-16(15)5-3-13(4-6-16)8-9-7-10-1-2-11(9)12-10/h9-12H,1-8H2. The van der Waals surface area contributed by atoms with E-state index in [0.29, 0.717) is 17.5 Å². The van der Waals surface area contributed by atoms with Gasteiger partial charge in [0.25, 0.3) is 0 Å². The van der Waals surface area contributed by atoms with Gasteiger partial charge in [-0.2, -0.15) is 0 Å². The number of hydrogen-bond donors (Lipinski definition) is 1. The predicted octanol–water partition coefficient (Wildman–Crippen LogP) is -0.143. The first-order valence-corrected chi connectivity index (χ1v) is 8.13. The second kappa shape index (κ2) is 3.96. The molecule has 16 heavy (non-hydrogen) atoms. The first-order chi connectivity index (χ1) is 7.62. The maximum atomic E-state index is 11.3. The zero-order valence-corrected chi connectivity index (χ0v) is 10.4. The number of fused-ring (bicyclic) bond motifs is 2. The van der Waals surface area contributed by atoms with Crippen LogP contribution in [0.15, 0.2) is 0 Å². The highest BCUT2D eigenvalue weighted by molar-refractivity contribution is 7.91. The van der Waals surface area contributed by atoms with E-state index < -0.39 is 9.84 Å². The minimum atomic E-state index is -2.72. The topological polar surface area (TPSA) is 49.4 Å². The van der Waals surface area contributed by atoms with E-state index in [4.69, 9.17) is 0 Å². The summed E-state index contributed by atoms with van der Waals surface area (Å²) >= 11 is 0. The van der Waals surface area contributed by atoms with E-state index in [1.807, 2.05) is 0 Å². The van der Waals surface area contributed by atoms with Crippen molar-refractivity contribution in [2.75, 3.05) is 31.1 Å². The van der Waals surface area contributed by atoms with E-state index in [9.17, 15) is 8.42 Å². The minimum Gasteiger partial charge on any atom is -0.311 e. The summed E-state index contributed by atoms with van der Waals surface area (Å²) < 4.78 is 22.6. The lowest BCUT2D eigenvalue weighted by Crippen LogP contribution is -2.44. The molecule has 3 aliphatic heterocycles. The van der Waals surface area contributed by atoms with E-state index in [1.165, 1.54) is 19.3 Å². The molecule has 1 N–H and O–H groups in total. The first-order valence-electron chi connectivity index (χ1n) is 6.31. The molecule has 2 bridgehead atoms. The maximum Gasteiger partial charge on any atom is 0.152 e. The molecule has 4 nitrogen and oxygen atoms in total. The number of hydrogen-bond acceptors (Lipinski definition) is 4. The van der Waals surface area contributed by atoms with Crippen LogP contribution in [0.25, 0.3) is 0 Å². The highest BCUT2D eigenvalue weighted by Crippen LogP contribution is 2.33. The lowest BCUT2D eigenvalue weighted by Gasteiger charge is -2.31. The molecule has 0 aromatic heterocycles. The predicted molar refractivity (Wildman–Crippen MR) is 63.1 cm³/mol. The molecule has 0 aliphatic carbocycles. The summed E-state index contributed by atoms with van der Waals surface area (Å²) in [6, 6.07) is 1.46. The summed E-state index contributed by atoms with van der Waals surface area (Å²) in [6.45, 7) is 2.59. The van der Waals surface area contributed by atoms with Crippen molar-refractivity contribution in [2.24, 2.45) is 5.92 Å². The van der Waals surface area contributed by atoms with Gasteiger partial charge in [-0.1, -0.05) is 0 Å². The molecule has 3 aliphatic rings. The van der Waals surface area contributed by atoms with Gasteiger partial charge in [-0.3, -0.25) is 0 Å². The van der Waals surface area contributed by atoms with Crippen LogP contribution < -0.4 is 5.32 Å². The molecule has 3 atom stereocenters. The van der Waals surface area contributed by atoms with E-state index in [2.05, 4.69) is 10.2 Å². The Morgan fingerprint density at radius 2 is 1.94 bits per heavy atom. The highest BCUT2D eigenvalue weighted by Gasteiger charge is 2.39. The van der Waals surface area contributed by atoms with E-state index >= 15 is 0 Å². The van der Waals surface area contributed by atoms with Crippen LogP contribution in [0.2, 0.25) is 0 Å². The molecule has 0 aromatic rings. The molecule has 3 unspecified atom stereocenters.